The minimum atomic E-state index is -1.71. The van der Waals surface area contributed by atoms with Crippen LogP contribution < -0.4 is 11.1 Å². The van der Waals surface area contributed by atoms with Gasteiger partial charge in [-0.15, -0.1) is 0 Å². The van der Waals surface area contributed by atoms with E-state index in [9.17, 15) is 15.0 Å². The second kappa shape index (κ2) is 6.53. The van der Waals surface area contributed by atoms with Gasteiger partial charge in [-0.2, -0.15) is 0 Å². The lowest BCUT2D eigenvalue weighted by atomic mass is 10.0. The van der Waals surface area contributed by atoms with Crippen molar-refractivity contribution < 1.29 is 30.3 Å². The molecule has 0 spiro atoms. The third-order valence-corrected chi connectivity index (χ3v) is 1.81. The minimum absolute atomic E-state index is 0.369. The molecule has 0 fully saturated rings. The van der Waals surface area contributed by atoms with Crippen LogP contribution in [0.1, 0.15) is 0 Å². The maximum atomic E-state index is 10.3. The van der Waals surface area contributed by atoms with Crippen LogP contribution in [-0.4, -0.2) is 69.1 Å². The average molecular weight is 224 g/mol. The molecule has 8 N–H and O–H groups in total. The van der Waals surface area contributed by atoms with Crippen LogP contribution in [0.3, 0.4) is 0 Å². The Labute approximate surface area is 86.0 Å². The molecule has 0 rings (SSSR count). The lowest BCUT2D eigenvalue weighted by molar-refractivity contribution is -0.113. The van der Waals surface area contributed by atoms with E-state index in [1.165, 1.54) is 0 Å². The SMILES string of the molecule is NC(=O)NC[C@H](O)[C@@H](O)[C@H](O)[C@@H](O)CO. The van der Waals surface area contributed by atoms with E-state index in [2.05, 4.69) is 0 Å². The van der Waals surface area contributed by atoms with E-state index in [-0.39, 0.29) is 6.54 Å². The zero-order valence-corrected chi connectivity index (χ0v) is 7.95. The number of aliphatic hydroxyl groups is 5. The number of urea groups is 1. The summed E-state index contributed by atoms with van der Waals surface area (Å²) in [5, 5.41) is 47.0. The maximum absolute atomic E-state index is 10.3. The van der Waals surface area contributed by atoms with E-state index in [0.29, 0.717) is 0 Å². The highest BCUT2D eigenvalue weighted by Gasteiger charge is 2.29. The predicted molar refractivity (Wildman–Crippen MR) is 48.7 cm³/mol. The molecule has 0 aromatic heterocycles. The van der Waals surface area contributed by atoms with E-state index in [4.69, 9.17) is 21.1 Å². The highest BCUT2D eigenvalue weighted by Crippen LogP contribution is 2.04. The molecule has 90 valence electrons. The Morgan fingerprint density at radius 2 is 1.60 bits per heavy atom. The van der Waals surface area contributed by atoms with Crippen molar-refractivity contribution in [3.05, 3.63) is 0 Å². The number of rotatable bonds is 6. The fourth-order valence-electron chi connectivity index (χ4n) is 0.889. The highest BCUT2D eigenvalue weighted by atomic mass is 16.4. The van der Waals surface area contributed by atoms with Gasteiger partial charge in [0, 0.05) is 6.54 Å². The number of nitrogens with one attached hydrogen (secondary N) is 1. The highest BCUT2D eigenvalue weighted by molar-refractivity contribution is 5.71. The predicted octanol–water partition coefficient (Wildman–Crippen LogP) is -3.91. The molecule has 0 aliphatic carbocycles. The van der Waals surface area contributed by atoms with Gasteiger partial charge in [0.2, 0.25) is 0 Å². The van der Waals surface area contributed by atoms with Crippen LogP contribution in [0.25, 0.3) is 0 Å². The number of hydrogen-bond donors (Lipinski definition) is 7. The molecule has 2 amide bonds. The normalized spacial score (nSPS) is 19.0. The number of nitrogens with two attached hydrogens (primary N) is 1. The first kappa shape index (κ1) is 14.1. The van der Waals surface area contributed by atoms with Crippen LogP contribution in [0, 0.1) is 0 Å². The second-order valence-electron chi connectivity index (χ2n) is 3.04. The fraction of sp³-hybridized carbons (Fsp3) is 0.857. The van der Waals surface area contributed by atoms with Crippen LogP contribution in [-0.2, 0) is 0 Å². The number of amides is 2. The monoisotopic (exact) mass is 224 g/mol. The van der Waals surface area contributed by atoms with Crippen LogP contribution in [0.15, 0.2) is 0 Å². The third kappa shape index (κ3) is 4.91. The molecule has 0 aliphatic heterocycles. The van der Waals surface area contributed by atoms with Crippen molar-refractivity contribution in [1.82, 2.24) is 5.32 Å². The summed E-state index contributed by atoms with van der Waals surface area (Å²) in [6, 6.07) is -0.890. The number of carbonyl (C=O) groups is 1. The summed E-state index contributed by atoms with van der Waals surface area (Å²) >= 11 is 0. The molecule has 0 radical (unpaired) electrons. The fourth-order valence-corrected chi connectivity index (χ4v) is 0.889. The topological polar surface area (TPSA) is 156 Å². The Bertz CT molecular complexity index is 202. The lowest BCUT2D eigenvalue weighted by Crippen LogP contribution is -2.50. The van der Waals surface area contributed by atoms with E-state index in [1.54, 1.807) is 0 Å². The molecule has 15 heavy (non-hydrogen) atoms. The van der Waals surface area contributed by atoms with Crippen molar-refractivity contribution in [2.45, 2.75) is 24.4 Å². The van der Waals surface area contributed by atoms with Crippen molar-refractivity contribution in [3.8, 4) is 0 Å². The maximum Gasteiger partial charge on any atom is 0.312 e. The van der Waals surface area contributed by atoms with Crippen LogP contribution >= 0.6 is 0 Å². The summed E-state index contributed by atoms with van der Waals surface area (Å²) in [7, 11) is 0. The van der Waals surface area contributed by atoms with Crippen molar-refractivity contribution in [3.63, 3.8) is 0 Å². The molecule has 0 unspecified atom stereocenters. The first-order chi connectivity index (χ1) is 6.90. The third-order valence-electron chi connectivity index (χ3n) is 1.81. The summed E-state index contributed by atoms with van der Waals surface area (Å²) in [6.45, 7) is -1.13. The minimum Gasteiger partial charge on any atom is -0.394 e. The Morgan fingerprint density at radius 1 is 1.13 bits per heavy atom. The van der Waals surface area contributed by atoms with Gasteiger partial charge < -0.3 is 36.6 Å². The van der Waals surface area contributed by atoms with Gasteiger partial charge in [0.05, 0.1) is 12.7 Å². The number of aliphatic hydroxyl groups excluding tert-OH is 5. The molecule has 0 aliphatic rings. The van der Waals surface area contributed by atoms with Gasteiger partial charge in [-0.3, -0.25) is 0 Å². The zero-order valence-electron chi connectivity index (χ0n) is 7.95. The summed E-state index contributed by atoms with van der Waals surface area (Å²) < 4.78 is 0. The molecule has 8 nitrogen and oxygen atoms in total. The molecule has 0 saturated carbocycles. The lowest BCUT2D eigenvalue weighted by Gasteiger charge is -2.25. The standard InChI is InChI=1S/C7H16N2O6/c8-7(15)9-1-3(11)5(13)6(14)4(12)2-10/h3-6,10-14H,1-2H2,(H3,8,9,15)/t3-,4-,5+,6+/m0/s1. The van der Waals surface area contributed by atoms with Gasteiger partial charge in [-0.25, -0.2) is 4.79 Å². The van der Waals surface area contributed by atoms with Gasteiger partial charge in [0.15, 0.2) is 0 Å². The molecule has 8 heteroatoms. The van der Waals surface area contributed by atoms with Crippen LogP contribution in [0.5, 0.6) is 0 Å². The van der Waals surface area contributed by atoms with Crippen molar-refractivity contribution in [2.75, 3.05) is 13.2 Å². The number of primary amides is 1. The van der Waals surface area contributed by atoms with Gasteiger partial charge in [-0.1, -0.05) is 0 Å². The second-order valence-corrected chi connectivity index (χ2v) is 3.04. The smallest absolute Gasteiger partial charge is 0.312 e. The summed E-state index contributed by atoms with van der Waals surface area (Å²) in [4.78, 5) is 10.3. The number of carbonyl (C=O) groups excluding carboxylic acids is 1. The first-order valence-corrected chi connectivity index (χ1v) is 4.26. The van der Waals surface area contributed by atoms with E-state index >= 15 is 0 Å². The Kier molecular flexibility index (Phi) is 6.13. The molecule has 0 bridgehead atoms. The molecule has 4 atom stereocenters. The van der Waals surface area contributed by atoms with Crippen molar-refractivity contribution in [1.29, 1.82) is 0 Å². The molecular formula is C7H16N2O6. The van der Waals surface area contributed by atoms with Crippen molar-refractivity contribution in [2.24, 2.45) is 5.73 Å². The Hall–Kier alpha value is -0.930. The Morgan fingerprint density at radius 3 is 2.00 bits per heavy atom. The van der Waals surface area contributed by atoms with E-state index < -0.39 is 37.1 Å². The van der Waals surface area contributed by atoms with Gasteiger partial charge in [-0.05, 0) is 0 Å². The zero-order chi connectivity index (χ0) is 12.0. The molecule has 0 aromatic carbocycles. The average Bonchev–Trinajstić information content (AvgIpc) is 2.22. The van der Waals surface area contributed by atoms with Crippen LogP contribution in [0.4, 0.5) is 4.79 Å². The molecule has 0 heterocycles. The summed E-state index contributed by atoms with van der Waals surface area (Å²) in [5.41, 5.74) is 4.71. The largest absolute Gasteiger partial charge is 0.394 e. The van der Waals surface area contributed by atoms with Crippen molar-refractivity contribution >= 4 is 6.03 Å². The van der Waals surface area contributed by atoms with Gasteiger partial charge >= 0.3 is 6.03 Å². The summed E-state index contributed by atoms with van der Waals surface area (Å²) in [5.74, 6) is 0. The molecular weight excluding hydrogens is 208 g/mol. The van der Waals surface area contributed by atoms with Gasteiger partial charge in [0.1, 0.15) is 18.3 Å². The van der Waals surface area contributed by atoms with E-state index in [0.717, 1.165) is 0 Å². The van der Waals surface area contributed by atoms with Crippen LogP contribution in [0.2, 0.25) is 0 Å². The Balaban J connectivity index is 4.06. The molecule has 0 aromatic rings. The molecule has 0 saturated heterocycles. The quantitative estimate of drug-likeness (QED) is 0.244. The van der Waals surface area contributed by atoms with E-state index in [1.807, 2.05) is 5.32 Å². The first-order valence-electron chi connectivity index (χ1n) is 4.26. The summed E-state index contributed by atoms with van der Waals surface area (Å²) in [6.07, 6.45) is -6.46. The van der Waals surface area contributed by atoms with Gasteiger partial charge in [0.25, 0.3) is 0 Å². The number of hydrogen-bond acceptors (Lipinski definition) is 6.